The number of carbonyl (C=O) groups is 2. The molecule has 0 saturated carbocycles. The number of nitrogens with zero attached hydrogens (tertiary/aromatic N) is 2. The number of phosphoric acid groups is 2. The van der Waals surface area contributed by atoms with Gasteiger partial charge in [-0.1, -0.05) is 12.1 Å². The van der Waals surface area contributed by atoms with Gasteiger partial charge in [-0.2, -0.15) is 0 Å². The number of aromatic carboxylic acids is 2. The SMILES string of the molecule is CN1c2cc3c(cc2C(COP(=O)(O)O)=CC1(C)C)C(c1ccc(C(=O)O)cc1C(=O)O)=c1cc2c(cc1O3)=[N+](C)C(C)(C)C=C2COP(=O)(O)O. The molecule has 3 aromatic carbocycles. The highest BCUT2D eigenvalue weighted by atomic mass is 31.2. The number of ether oxygens (including phenoxy) is 1. The second-order valence-corrected chi connectivity index (χ2v) is 16.4. The molecule has 3 aliphatic heterocycles. The van der Waals surface area contributed by atoms with Crippen molar-refractivity contribution in [1.82, 2.24) is 4.58 Å². The summed E-state index contributed by atoms with van der Waals surface area (Å²) in [6.07, 6.45) is 3.62. The first kappa shape index (κ1) is 37.3. The molecule has 17 heteroatoms. The summed E-state index contributed by atoms with van der Waals surface area (Å²) >= 11 is 0. The Morgan fingerprint density at radius 2 is 1.40 bits per heavy atom. The van der Waals surface area contributed by atoms with Crippen molar-refractivity contribution in [3.05, 3.63) is 98.6 Å². The molecule has 0 saturated heterocycles. The molecule has 0 unspecified atom stereocenters. The fraction of sp³-hybridized carbons (Fsp3) is 0.286. The van der Waals surface area contributed by atoms with Crippen molar-refractivity contribution in [2.24, 2.45) is 0 Å². The lowest BCUT2D eigenvalue weighted by Crippen LogP contribution is -2.47. The van der Waals surface area contributed by atoms with Crippen molar-refractivity contribution in [1.29, 1.82) is 0 Å². The van der Waals surface area contributed by atoms with Gasteiger partial charge in [0.25, 0.3) is 0 Å². The summed E-state index contributed by atoms with van der Waals surface area (Å²) in [7, 11) is -6.06. The standard InChI is InChI=1S/C35H36N2O13P2/c1-34(2)14-19(16-48-51(42,43)44)22-10-25-29(12-27(22)36(34)5)50-30-13-28-23(20(17-49-52(45,46)47)15-35(3,4)37(28)6)11-26(30)31(25)21-8-7-18(32(38)39)9-24(21)33(40)41/h7-15H,16-17H2,1-6H3,(H5-,38,39,40,41,42,43,44,45,46,47)/p+1. The highest BCUT2D eigenvalue weighted by Gasteiger charge is 2.37. The van der Waals surface area contributed by atoms with E-state index in [1.165, 1.54) is 12.1 Å². The second kappa shape index (κ2) is 12.6. The molecule has 6 N–H and O–H groups in total. The summed E-state index contributed by atoms with van der Waals surface area (Å²) in [6, 6.07) is 10.7. The average Bonchev–Trinajstić information content (AvgIpc) is 3.03. The van der Waals surface area contributed by atoms with Crippen LogP contribution in [0.25, 0.3) is 16.7 Å². The second-order valence-electron chi connectivity index (χ2n) is 13.9. The Morgan fingerprint density at radius 1 is 0.788 bits per heavy atom. The third kappa shape index (κ3) is 6.90. The lowest BCUT2D eigenvalue weighted by Gasteiger charge is -2.41. The van der Waals surface area contributed by atoms with E-state index in [9.17, 15) is 48.5 Å². The Balaban J connectivity index is 1.73. The van der Waals surface area contributed by atoms with Gasteiger partial charge in [-0.3, -0.25) is 9.05 Å². The minimum atomic E-state index is -4.87. The van der Waals surface area contributed by atoms with E-state index in [4.69, 9.17) is 13.8 Å². The van der Waals surface area contributed by atoms with Crippen molar-refractivity contribution in [2.45, 2.75) is 38.8 Å². The number of likely N-dealkylation sites (N-methyl/N-ethyl adjacent to an activating group) is 2. The molecule has 0 aromatic heterocycles. The van der Waals surface area contributed by atoms with Gasteiger partial charge < -0.3 is 39.4 Å². The number of carboxylic acid groups (broad SMARTS) is 2. The zero-order valence-corrected chi connectivity index (χ0v) is 30.7. The number of carboxylic acids is 2. The summed E-state index contributed by atoms with van der Waals surface area (Å²) in [4.78, 5) is 64.8. The molecule has 0 fully saturated rings. The van der Waals surface area contributed by atoms with Crippen LogP contribution in [0.1, 0.15) is 70.7 Å². The normalized spacial score (nSPS) is 17.2. The van der Waals surface area contributed by atoms with Gasteiger partial charge in [-0.15, -0.1) is 0 Å². The number of fused-ring (bicyclic) bond motifs is 4. The van der Waals surface area contributed by atoms with Gasteiger partial charge >= 0.3 is 27.6 Å². The third-order valence-corrected chi connectivity index (χ3v) is 10.6. The zero-order chi connectivity index (χ0) is 38.3. The molecule has 0 amide bonds. The van der Waals surface area contributed by atoms with E-state index in [0.29, 0.717) is 61.2 Å². The third-order valence-electron chi connectivity index (χ3n) is 9.70. The molecule has 3 heterocycles. The molecule has 3 aliphatic rings. The number of hydrogen-bond donors (Lipinski definition) is 6. The Bertz CT molecular complexity index is 2390. The van der Waals surface area contributed by atoms with Crippen LogP contribution in [0.4, 0.5) is 5.69 Å². The molecule has 274 valence electrons. The quantitative estimate of drug-likeness (QED) is 0.106. The van der Waals surface area contributed by atoms with Crippen molar-refractivity contribution < 1.29 is 62.3 Å². The first-order chi connectivity index (χ1) is 24.0. The van der Waals surface area contributed by atoms with Gasteiger partial charge in [-0.05, 0) is 60.9 Å². The van der Waals surface area contributed by atoms with Crippen molar-refractivity contribution in [2.75, 3.05) is 32.2 Å². The molecule has 15 nitrogen and oxygen atoms in total. The van der Waals surface area contributed by atoms with Gasteiger partial charge in [0.2, 0.25) is 5.36 Å². The van der Waals surface area contributed by atoms with E-state index in [-0.39, 0.29) is 16.7 Å². The number of phosphoric ester groups is 2. The van der Waals surface area contributed by atoms with Crippen LogP contribution in [0.5, 0.6) is 11.5 Å². The highest BCUT2D eigenvalue weighted by Crippen LogP contribution is 2.48. The molecule has 0 radical (unpaired) electrons. The Morgan fingerprint density at radius 3 is 1.98 bits per heavy atom. The van der Waals surface area contributed by atoms with Crippen molar-refractivity contribution in [3.63, 3.8) is 0 Å². The predicted octanol–water partition coefficient (Wildman–Crippen LogP) is 3.56. The average molecular weight is 756 g/mol. The first-order valence-corrected chi connectivity index (χ1v) is 18.9. The highest BCUT2D eigenvalue weighted by molar-refractivity contribution is 7.46. The summed E-state index contributed by atoms with van der Waals surface area (Å²) in [5.74, 6) is -2.09. The topological polar surface area (TPSA) is 224 Å². The maximum atomic E-state index is 12.8. The summed E-state index contributed by atoms with van der Waals surface area (Å²) in [6.45, 7) is 6.75. The Hall–Kier alpha value is -4.43. The van der Waals surface area contributed by atoms with E-state index < -0.39 is 51.9 Å². The molecule has 3 aromatic rings. The van der Waals surface area contributed by atoms with Crippen molar-refractivity contribution >= 4 is 50.0 Å². The Labute approximate surface area is 297 Å². The summed E-state index contributed by atoms with van der Waals surface area (Å²) in [5, 5.41) is 21.1. The maximum absolute atomic E-state index is 12.8. The fourth-order valence-corrected chi connectivity index (χ4v) is 7.38. The van der Waals surface area contributed by atoms with Crippen LogP contribution < -0.4 is 24.8 Å². The van der Waals surface area contributed by atoms with Crippen LogP contribution in [0.2, 0.25) is 0 Å². The summed E-state index contributed by atoms with van der Waals surface area (Å²) in [5.41, 5.74) is 1.59. The largest absolute Gasteiger partial charge is 0.478 e. The Kier molecular flexibility index (Phi) is 9.05. The fourth-order valence-electron chi connectivity index (χ4n) is 6.76. The van der Waals surface area contributed by atoms with E-state index in [1.54, 1.807) is 24.3 Å². The van der Waals surface area contributed by atoms with Crippen LogP contribution in [-0.2, 0) is 18.2 Å². The van der Waals surface area contributed by atoms with Crippen LogP contribution in [-0.4, -0.2) is 80.1 Å². The van der Waals surface area contributed by atoms with Gasteiger partial charge in [-0.25, -0.2) is 23.3 Å². The maximum Gasteiger partial charge on any atom is 0.469 e. The lowest BCUT2D eigenvalue weighted by molar-refractivity contribution is 0.0695. The molecule has 0 atom stereocenters. The molecule has 52 heavy (non-hydrogen) atoms. The molecule has 6 rings (SSSR count). The van der Waals surface area contributed by atoms with E-state index in [2.05, 4.69) is 0 Å². The molecule has 0 aliphatic carbocycles. The van der Waals surface area contributed by atoms with Crippen molar-refractivity contribution in [3.8, 4) is 11.5 Å². The molecule has 0 spiro atoms. The minimum Gasteiger partial charge on any atom is -0.478 e. The number of anilines is 1. The zero-order valence-electron chi connectivity index (χ0n) is 28.9. The van der Waals surface area contributed by atoms with E-state index in [1.807, 2.05) is 63.4 Å². The van der Waals surface area contributed by atoms with E-state index in [0.717, 1.165) is 6.07 Å². The monoisotopic (exact) mass is 755 g/mol. The minimum absolute atomic E-state index is 0.145. The smallest absolute Gasteiger partial charge is 0.469 e. The van der Waals surface area contributed by atoms with Gasteiger partial charge in [0.05, 0.1) is 41.5 Å². The van der Waals surface area contributed by atoms with E-state index >= 15 is 0 Å². The van der Waals surface area contributed by atoms with Crippen LogP contribution >= 0.6 is 15.6 Å². The number of hydrogen-bond acceptors (Lipinski definition) is 8. The van der Waals surface area contributed by atoms with Gasteiger partial charge in [0.1, 0.15) is 18.5 Å². The molecule has 0 bridgehead atoms. The van der Waals surface area contributed by atoms with Gasteiger partial charge in [0, 0.05) is 54.6 Å². The van der Waals surface area contributed by atoms with Crippen LogP contribution in [0.3, 0.4) is 0 Å². The summed E-state index contributed by atoms with van der Waals surface area (Å²) < 4.78 is 41.9. The van der Waals surface area contributed by atoms with Crippen LogP contribution in [0, 0.1) is 0 Å². The first-order valence-electron chi connectivity index (χ1n) is 15.8. The lowest BCUT2D eigenvalue weighted by atomic mass is 9.83. The molecular formula is C35H37N2O13P2+. The van der Waals surface area contributed by atoms with Gasteiger partial charge in [0.15, 0.2) is 5.54 Å². The van der Waals surface area contributed by atoms with Crippen LogP contribution in [0.15, 0.2) is 54.6 Å². The number of benzene rings is 3. The molecular weight excluding hydrogens is 718 g/mol. The predicted molar refractivity (Wildman–Crippen MR) is 190 cm³/mol. The number of rotatable bonds is 9.